The SMILES string of the molecule is C=C(c1ccccc1)c1cc(-c2ccc(OC)c(C(=C=Nc3ccccc3)c3ccccc3)c2)ccc1OC.Nc1ccccc1. The van der Waals surface area contributed by atoms with E-state index in [1.807, 2.05) is 109 Å². The summed E-state index contributed by atoms with van der Waals surface area (Å²) >= 11 is 0. The number of ether oxygens (including phenoxy) is 2. The van der Waals surface area contributed by atoms with Crippen LogP contribution in [0.5, 0.6) is 11.5 Å². The lowest BCUT2D eigenvalue weighted by atomic mass is 9.92. The lowest BCUT2D eigenvalue weighted by Gasteiger charge is -2.16. The molecule has 0 saturated carbocycles. The molecule has 0 spiro atoms. The quantitative estimate of drug-likeness (QED) is 0.140. The van der Waals surface area contributed by atoms with Crippen LogP contribution < -0.4 is 15.2 Å². The first-order valence-electron chi connectivity index (χ1n) is 14.9. The van der Waals surface area contributed by atoms with Gasteiger partial charge in [-0.25, -0.2) is 4.99 Å². The lowest BCUT2D eigenvalue weighted by Crippen LogP contribution is -1.96. The molecule has 0 aliphatic rings. The Morgan fingerprint density at radius 2 is 1.02 bits per heavy atom. The predicted molar refractivity (Wildman–Crippen MR) is 193 cm³/mol. The van der Waals surface area contributed by atoms with Gasteiger partial charge in [0, 0.05) is 16.8 Å². The fourth-order valence-corrected chi connectivity index (χ4v) is 4.96. The Bertz CT molecular complexity index is 1950. The maximum absolute atomic E-state index is 5.81. The molecule has 4 heteroatoms. The molecule has 0 aliphatic heterocycles. The Labute approximate surface area is 271 Å². The van der Waals surface area contributed by atoms with E-state index in [1.165, 1.54) is 0 Å². The molecule has 2 N–H and O–H groups in total. The van der Waals surface area contributed by atoms with Gasteiger partial charge < -0.3 is 15.2 Å². The first-order chi connectivity index (χ1) is 22.6. The summed E-state index contributed by atoms with van der Waals surface area (Å²) in [7, 11) is 3.37. The van der Waals surface area contributed by atoms with Crippen LogP contribution in [0.3, 0.4) is 0 Å². The Hall–Kier alpha value is -6.09. The highest BCUT2D eigenvalue weighted by atomic mass is 16.5. The molecule has 0 bridgehead atoms. The zero-order valence-corrected chi connectivity index (χ0v) is 26.1. The van der Waals surface area contributed by atoms with Crippen LogP contribution in [-0.4, -0.2) is 20.1 Å². The van der Waals surface area contributed by atoms with Crippen LogP contribution in [0.2, 0.25) is 0 Å². The van der Waals surface area contributed by atoms with Gasteiger partial charge in [-0.1, -0.05) is 116 Å². The van der Waals surface area contributed by atoms with Crippen molar-refractivity contribution in [2.75, 3.05) is 20.0 Å². The molecule has 4 nitrogen and oxygen atoms in total. The standard InChI is InChI=1S/C36H29NO2.C6H7N/c1-26(27-13-7-4-8-14-27)32-23-29(19-21-35(32)38-2)30-20-22-36(39-3)33(24-30)34(28-15-9-5-10-16-28)25-37-31-17-11-6-12-18-31;7-6-4-2-1-3-5-6/h4-24H,1H2,2-3H3;1-5H,7H2. The number of benzene rings is 6. The average molecular weight is 601 g/mol. The number of methoxy groups -OCH3 is 2. The van der Waals surface area contributed by atoms with Gasteiger partial charge >= 0.3 is 0 Å². The van der Waals surface area contributed by atoms with E-state index in [-0.39, 0.29) is 0 Å². The summed E-state index contributed by atoms with van der Waals surface area (Å²) < 4.78 is 11.5. The van der Waals surface area contributed by atoms with Gasteiger partial charge in [0.2, 0.25) is 0 Å². The number of para-hydroxylation sites is 2. The van der Waals surface area contributed by atoms with Crippen molar-refractivity contribution in [1.82, 2.24) is 0 Å². The Kier molecular flexibility index (Phi) is 10.6. The molecule has 0 fully saturated rings. The van der Waals surface area contributed by atoms with E-state index in [4.69, 9.17) is 15.2 Å². The van der Waals surface area contributed by atoms with Crippen LogP contribution in [0, 0.1) is 0 Å². The first-order valence-corrected chi connectivity index (χ1v) is 14.9. The molecule has 0 heterocycles. The van der Waals surface area contributed by atoms with Crippen LogP contribution in [-0.2, 0) is 0 Å². The van der Waals surface area contributed by atoms with Crippen LogP contribution in [0.25, 0.3) is 22.3 Å². The zero-order valence-electron chi connectivity index (χ0n) is 26.1. The number of hydrogen-bond acceptors (Lipinski definition) is 4. The number of anilines is 1. The third-order valence-corrected chi connectivity index (χ3v) is 7.36. The van der Waals surface area contributed by atoms with Crippen molar-refractivity contribution in [2.24, 2.45) is 4.99 Å². The minimum atomic E-state index is 0.746. The summed E-state index contributed by atoms with van der Waals surface area (Å²) in [5, 5.41) is 0. The monoisotopic (exact) mass is 600 g/mol. The van der Waals surface area contributed by atoms with Gasteiger partial charge in [-0.15, -0.1) is 0 Å². The van der Waals surface area contributed by atoms with Crippen molar-refractivity contribution in [3.05, 3.63) is 187 Å². The third kappa shape index (κ3) is 7.89. The number of rotatable bonds is 8. The normalized spacial score (nSPS) is 10.0. The Balaban J connectivity index is 0.000000527. The molecular weight excluding hydrogens is 564 g/mol. The van der Waals surface area contributed by atoms with Gasteiger partial charge in [-0.05, 0) is 82.2 Å². The van der Waals surface area contributed by atoms with E-state index in [0.29, 0.717) is 0 Å². The molecule has 0 aromatic heterocycles. The molecule has 0 atom stereocenters. The minimum absolute atomic E-state index is 0.746. The highest BCUT2D eigenvalue weighted by Crippen LogP contribution is 2.37. The van der Waals surface area contributed by atoms with E-state index < -0.39 is 0 Å². The fraction of sp³-hybridized carbons (Fsp3) is 0.0476. The topological polar surface area (TPSA) is 56.8 Å². The maximum atomic E-state index is 5.81. The Morgan fingerprint density at radius 3 is 1.52 bits per heavy atom. The average Bonchev–Trinajstić information content (AvgIpc) is 3.13. The molecule has 0 saturated heterocycles. The number of nitrogens with zero attached hydrogens (tertiary/aromatic N) is 1. The molecule has 6 aromatic rings. The van der Waals surface area contributed by atoms with Crippen LogP contribution in [0.15, 0.2) is 169 Å². The summed E-state index contributed by atoms with van der Waals surface area (Å²) in [6.45, 7) is 4.38. The summed E-state index contributed by atoms with van der Waals surface area (Å²) in [6, 6.07) is 52.0. The molecule has 226 valence electrons. The summed E-state index contributed by atoms with van der Waals surface area (Å²) in [5.74, 6) is 4.84. The number of nitrogen functional groups attached to an aromatic ring is 1. The Morgan fingerprint density at radius 1 is 0.565 bits per heavy atom. The summed E-state index contributed by atoms with van der Waals surface area (Å²) in [6.07, 6.45) is 0. The summed E-state index contributed by atoms with van der Waals surface area (Å²) in [5.41, 5.74) is 14.7. The molecule has 6 rings (SSSR count). The van der Waals surface area contributed by atoms with E-state index in [9.17, 15) is 0 Å². The highest BCUT2D eigenvalue weighted by molar-refractivity contribution is 6.01. The lowest BCUT2D eigenvalue weighted by molar-refractivity contribution is 0.413. The second kappa shape index (κ2) is 15.6. The second-order valence-electron chi connectivity index (χ2n) is 10.4. The van der Waals surface area contributed by atoms with Crippen molar-refractivity contribution in [3.8, 4) is 22.6 Å². The molecule has 0 amide bonds. The van der Waals surface area contributed by atoms with Gasteiger partial charge in [0.25, 0.3) is 0 Å². The van der Waals surface area contributed by atoms with Gasteiger partial charge in [0.1, 0.15) is 11.5 Å². The number of hydrogen-bond donors (Lipinski definition) is 1. The van der Waals surface area contributed by atoms with E-state index in [0.717, 1.165) is 67.4 Å². The van der Waals surface area contributed by atoms with Gasteiger partial charge in [0.05, 0.1) is 25.5 Å². The molecule has 0 aliphatic carbocycles. The van der Waals surface area contributed by atoms with Crippen LogP contribution in [0.4, 0.5) is 11.4 Å². The maximum Gasteiger partial charge on any atom is 0.127 e. The first kappa shape index (κ1) is 31.3. The zero-order chi connectivity index (χ0) is 32.1. The predicted octanol–water partition coefficient (Wildman–Crippen LogP) is 10.1. The van der Waals surface area contributed by atoms with E-state index in [1.54, 1.807) is 14.2 Å². The molecule has 6 aromatic carbocycles. The van der Waals surface area contributed by atoms with E-state index >= 15 is 0 Å². The largest absolute Gasteiger partial charge is 0.496 e. The van der Waals surface area contributed by atoms with Gasteiger partial charge in [0.15, 0.2) is 0 Å². The highest BCUT2D eigenvalue weighted by Gasteiger charge is 2.15. The number of aliphatic imine (C=N–C) groups is 1. The minimum Gasteiger partial charge on any atom is -0.496 e. The van der Waals surface area contributed by atoms with Crippen molar-refractivity contribution in [3.63, 3.8) is 0 Å². The third-order valence-electron chi connectivity index (χ3n) is 7.36. The van der Waals surface area contributed by atoms with Crippen LogP contribution >= 0.6 is 0 Å². The number of nitrogens with two attached hydrogens (primary N) is 1. The van der Waals surface area contributed by atoms with E-state index in [2.05, 4.69) is 66.0 Å². The summed E-state index contributed by atoms with van der Waals surface area (Å²) in [4.78, 5) is 4.66. The van der Waals surface area contributed by atoms with Crippen molar-refractivity contribution < 1.29 is 9.47 Å². The fourth-order valence-electron chi connectivity index (χ4n) is 4.96. The van der Waals surface area contributed by atoms with Crippen molar-refractivity contribution in [1.29, 1.82) is 0 Å². The van der Waals surface area contributed by atoms with Crippen molar-refractivity contribution >= 4 is 28.4 Å². The van der Waals surface area contributed by atoms with Crippen LogP contribution in [0.1, 0.15) is 22.3 Å². The molecule has 0 radical (unpaired) electrons. The van der Waals surface area contributed by atoms with Crippen molar-refractivity contribution in [2.45, 2.75) is 0 Å². The smallest absolute Gasteiger partial charge is 0.127 e. The van der Waals surface area contributed by atoms with Gasteiger partial charge in [-0.3, -0.25) is 0 Å². The molecular formula is C42H36N2O2. The van der Waals surface area contributed by atoms with Gasteiger partial charge in [-0.2, -0.15) is 0 Å². The molecule has 0 unspecified atom stereocenters. The second-order valence-corrected chi connectivity index (χ2v) is 10.4. The molecule has 46 heavy (non-hydrogen) atoms.